The van der Waals surface area contributed by atoms with Crippen molar-refractivity contribution in [2.24, 2.45) is 0 Å². The fourth-order valence-electron chi connectivity index (χ4n) is 1.94. The Morgan fingerprint density at radius 2 is 1.79 bits per heavy atom. The molecular formula is C17H17N3O4. The van der Waals surface area contributed by atoms with Crippen LogP contribution in [-0.4, -0.2) is 31.0 Å². The SMILES string of the molecule is COc1cccc(/C=C/C(=O)NNC(=O)c2ccncc2)c1OC. The molecule has 24 heavy (non-hydrogen) atoms. The molecule has 2 rings (SSSR count). The first-order valence-corrected chi connectivity index (χ1v) is 7.05. The van der Waals surface area contributed by atoms with Crippen LogP contribution in [0.1, 0.15) is 15.9 Å². The number of hydrogen-bond donors (Lipinski definition) is 2. The number of amides is 2. The minimum absolute atomic E-state index is 0.392. The first kappa shape index (κ1) is 17.0. The van der Waals surface area contributed by atoms with E-state index in [4.69, 9.17) is 9.47 Å². The van der Waals surface area contributed by atoms with E-state index in [0.29, 0.717) is 22.6 Å². The molecule has 0 atom stereocenters. The zero-order valence-corrected chi connectivity index (χ0v) is 13.3. The number of hydrazine groups is 1. The van der Waals surface area contributed by atoms with Crippen LogP contribution in [0.15, 0.2) is 48.8 Å². The minimum atomic E-state index is -0.484. The molecule has 2 N–H and O–H groups in total. The zero-order chi connectivity index (χ0) is 17.4. The molecule has 0 fully saturated rings. The van der Waals surface area contributed by atoms with Gasteiger partial charge in [-0.05, 0) is 24.3 Å². The number of carbonyl (C=O) groups excluding carboxylic acids is 2. The minimum Gasteiger partial charge on any atom is -0.493 e. The van der Waals surface area contributed by atoms with E-state index in [1.54, 1.807) is 36.4 Å². The van der Waals surface area contributed by atoms with Crippen LogP contribution in [0.25, 0.3) is 6.08 Å². The summed E-state index contributed by atoms with van der Waals surface area (Å²) in [6, 6.07) is 8.40. The Balaban J connectivity index is 1.97. The normalized spacial score (nSPS) is 10.2. The molecule has 0 saturated carbocycles. The molecule has 1 aromatic carbocycles. The van der Waals surface area contributed by atoms with E-state index < -0.39 is 11.8 Å². The van der Waals surface area contributed by atoms with Crippen molar-refractivity contribution in [1.29, 1.82) is 0 Å². The van der Waals surface area contributed by atoms with Gasteiger partial charge in [0.05, 0.1) is 14.2 Å². The molecule has 7 nitrogen and oxygen atoms in total. The van der Waals surface area contributed by atoms with E-state index in [0.717, 1.165) is 0 Å². The summed E-state index contributed by atoms with van der Waals surface area (Å²) < 4.78 is 10.5. The van der Waals surface area contributed by atoms with Crippen LogP contribution in [0.3, 0.4) is 0 Å². The Hall–Kier alpha value is -3.35. The van der Waals surface area contributed by atoms with Crippen molar-refractivity contribution in [1.82, 2.24) is 15.8 Å². The molecule has 0 aliphatic heterocycles. The van der Waals surface area contributed by atoms with E-state index in [9.17, 15) is 9.59 Å². The second-order valence-electron chi connectivity index (χ2n) is 4.60. The number of rotatable bonds is 5. The number of ether oxygens (including phenoxy) is 2. The second-order valence-corrected chi connectivity index (χ2v) is 4.60. The molecule has 0 bridgehead atoms. The molecule has 0 unspecified atom stereocenters. The van der Waals surface area contributed by atoms with Crippen LogP contribution in [0.5, 0.6) is 11.5 Å². The van der Waals surface area contributed by atoms with Gasteiger partial charge in [0.2, 0.25) is 0 Å². The number of nitrogens with one attached hydrogen (secondary N) is 2. The smallest absolute Gasteiger partial charge is 0.269 e. The van der Waals surface area contributed by atoms with Crippen molar-refractivity contribution in [3.8, 4) is 11.5 Å². The molecule has 0 saturated heterocycles. The van der Waals surface area contributed by atoms with Gasteiger partial charge in [0, 0.05) is 29.6 Å². The summed E-state index contributed by atoms with van der Waals surface area (Å²) >= 11 is 0. The summed E-state index contributed by atoms with van der Waals surface area (Å²) in [6.45, 7) is 0. The first-order chi connectivity index (χ1) is 11.7. The third kappa shape index (κ3) is 4.33. The van der Waals surface area contributed by atoms with Gasteiger partial charge in [-0.15, -0.1) is 0 Å². The van der Waals surface area contributed by atoms with Crippen LogP contribution in [0.4, 0.5) is 0 Å². The monoisotopic (exact) mass is 327 g/mol. The molecule has 1 heterocycles. The summed E-state index contributed by atoms with van der Waals surface area (Å²) in [5.41, 5.74) is 5.68. The molecule has 7 heteroatoms. The lowest BCUT2D eigenvalue weighted by Gasteiger charge is -2.10. The van der Waals surface area contributed by atoms with Gasteiger partial charge in [-0.3, -0.25) is 25.4 Å². The standard InChI is InChI=1S/C17H17N3O4/c1-23-14-5-3-4-12(16(14)24-2)6-7-15(21)19-20-17(22)13-8-10-18-11-9-13/h3-11H,1-2H3,(H,19,21)(H,20,22)/b7-6+. The predicted molar refractivity (Wildman–Crippen MR) is 88.4 cm³/mol. The van der Waals surface area contributed by atoms with Crippen LogP contribution >= 0.6 is 0 Å². The number of para-hydroxylation sites is 1. The van der Waals surface area contributed by atoms with Gasteiger partial charge in [-0.2, -0.15) is 0 Å². The summed E-state index contributed by atoms with van der Waals surface area (Å²) in [6.07, 6.45) is 5.83. The molecule has 0 radical (unpaired) electrons. The Morgan fingerprint density at radius 1 is 1.04 bits per heavy atom. The molecule has 124 valence electrons. The summed E-state index contributed by atoms with van der Waals surface area (Å²) in [7, 11) is 3.05. The molecule has 0 aliphatic carbocycles. The fourth-order valence-corrected chi connectivity index (χ4v) is 1.94. The predicted octanol–water partition coefficient (Wildman–Crippen LogP) is 1.57. The van der Waals surface area contributed by atoms with Gasteiger partial charge in [-0.1, -0.05) is 12.1 Å². The van der Waals surface area contributed by atoms with Gasteiger partial charge in [0.1, 0.15) is 0 Å². The lowest BCUT2D eigenvalue weighted by Crippen LogP contribution is -2.40. The topological polar surface area (TPSA) is 89.6 Å². The van der Waals surface area contributed by atoms with Crippen molar-refractivity contribution in [2.45, 2.75) is 0 Å². The molecule has 2 amide bonds. The van der Waals surface area contributed by atoms with Gasteiger partial charge in [-0.25, -0.2) is 0 Å². The Morgan fingerprint density at radius 3 is 2.46 bits per heavy atom. The van der Waals surface area contributed by atoms with Crippen LogP contribution in [0, 0.1) is 0 Å². The van der Waals surface area contributed by atoms with Gasteiger partial charge >= 0.3 is 0 Å². The molecule has 0 spiro atoms. The average molecular weight is 327 g/mol. The lowest BCUT2D eigenvalue weighted by atomic mass is 10.1. The quantitative estimate of drug-likeness (QED) is 0.643. The Labute approximate surface area is 139 Å². The highest BCUT2D eigenvalue weighted by Gasteiger charge is 2.08. The number of carbonyl (C=O) groups is 2. The van der Waals surface area contributed by atoms with Crippen molar-refractivity contribution < 1.29 is 19.1 Å². The number of benzene rings is 1. The number of hydrogen-bond acceptors (Lipinski definition) is 5. The Bertz CT molecular complexity index is 745. The van der Waals surface area contributed by atoms with E-state index in [1.807, 2.05) is 0 Å². The average Bonchev–Trinajstić information content (AvgIpc) is 2.64. The van der Waals surface area contributed by atoms with Crippen LogP contribution in [-0.2, 0) is 4.79 Å². The zero-order valence-electron chi connectivity index (χ0n) is 13.3. The van der Waals surface area contributed by atoms with Crippen LogP contribution in [0.2, 0.25) is 0 Å². The van der Waals surface area contributed by atoms with Gasteiger partial charge < -0.3 is 9.47 Å². The lowest BCUT2D eigenvalue weighted by molar-refractivity contribution is -0.117. The maximum atomic E-state index is 11.8. The Kier molecular flexibility index (Phi) is 5.90. The van der Waals surface area contributed by atoms with Gasteiger partial charge in [0.25, 0.3) is 11.8 Å². The summed E-state index contributed by atoms with van der Waals surface area (Å²) in [5, 5.41) is 0. The number of aromatic nitrogens is 1. The number of methoxy groups -OCH3 is 2. The van der Waals surface area contributed by atoms with Gasteiger partial charge in [0.15, 0.2) is 11.5 Å². The van der Waals surface area contributed by atoms with E-state index in [1.165, 1.54) is 32.7 Å². The third-order valence-corrected chi connectivity index (χ3v) is 3.09. The van der Waals surface area contributed by atoms with E-state index >= 15 is 0 Å². The van der Waals surface area contributed by atoms with Crippen LogP contribution < -0.4 is 20.3 Å². The molecule has 1 aromatic heterocycles. The molecular weight excluding hydrogens is 310 g/mol. The number of nitrogens with zero attached hydrogens (tertiary/aromatic N) is 1. The maximum Gasteiger partial charge on any atom is 0.269 e. The van der Waals surface area contributed by atoms with Crippen molar-refractivity contribution in [3.63, 3.8) is 0 Å². The highest BCUT2D eigenvalue weighted by atomic mass is 16.5. The highest BCUT2D eigenvalue weighted by molar-refractivity contribution is 5.97. The fraction of sp³-hybridized carbons (Fsp3) is 0.118. The van der Waals surface area contributed by atoms with Crippen molar-refractivity contribution in [3.05, 3.63) is 59.9 Å². The number of pyridine rings is 1. The van der Waals surface area contributed by atoms with Crippen molar-refractivity contribution >= 4 is 17.9 Å². The maximum absolute atomic E-state index is 11.8. The molecule has 0 aliphatic rings. The van der Waals surface area contributed by atoms with E-state index in [2.05, 4.69) is 15.8 Å². The van der Waals surface area contributed by atoms with Crippen molar-refractivity contribution in [2.75, 3.05) is 14.2 Å². The second kappa shape index (κ2) is 8.33. The third-order valence-electron chi connectivity index (χ3n) is 3.09. The summed E-state index contributed by atoms with van der Waals surface area (Å²) in [4.78, 5) is 27.4. The largest absolute Gasteiger partial charge is 0.493 e. The van der Waals surface area contributed by atoms with E-state index in [-0.39, 0.29) is 0 Å². The summed E-state index contributed by atoms with van der Waals surface area (Å²) in [5.74, 6) is 0.163. The highest BCUT2D eigenvalue weighted by Crippen LogP contribution is 2.31. The molecule has 2 aromatic rings. The first-order valence-electron chi connectivity index (χ1n) is 7.05.